The summed E-state index contributed by atoms with van der Waals surface area (Å²) in [5, 5.41) is 4.36. The molecule has 0 fully saturated rings. The lowest BCUT2D eigenvalue weighted by molar-refractivity contribution is 0.102. The molecule has 0 aliphatic rings. The molecule has 3 rings (SSSR count). The Morgan fingerprint density at radius 2 is 1.92 bits per heavy atom. The molecule has 1 N–H and O–H groups in total. The summed E-state index contributed by atoms with van der Waals surface area (Å²) in [6, 6.07) is 12.9. The first-order valence-electron chi connectivity index (χ1n) is 7.52. The Bertz CT molecular complexity index is 938. The molecular formula is C19H17ClN2O2. The summed E-state index contributed by atoms with van der Waals surface area (Å²) < 4.78 is 5.28. The Morgan fingerprint density at radius 1 is 1.17 bits per heavy atom. The number of hydrogen-bond acceptors (Lipinski definition) is 3. The van der Waals surface area contributed by atoms with Gasteiger partial charge in [0, 0.05) is 10.4 Å². The quantitative estimate of drug-likeness (QED) is 0.747. The summed E-state index contributed by atoms with van der Waals surface area (Å²) in [6.07, 6.45) is 0. The molecule has 0 bridgehead atoms. The molecule has 122 valence electrons. The molecular weight excluding hydrogens is 324 g/mol. The molecule has 1 aromatic heterocycles. The van der Waals surface area contributed by atoms with Gasteiger partial charge in [0.05, 0.1) is 29.6 Å². The van der Waals surface area contributed by atoms with Crippen molar-refractivity contribution < 1.29 is 9.53 Å². The van der Waals surface area contributed by atoms with Crippen molar-refractivity contribution in [1.29, 1.82) is 0 Å². The largest absolute Gasteiger partial charge is 0.495 e. The van der Waals surface area contributed by atoms with E-state index in [4.69, 9.17) is 16.3 Å². The van der Waals surface area contributed by atoms with E-state index in [1.165, 1.54) is 0 Å². The normalized spacial score (nSPS) is 10.7. The monoisotopic (exact) mass is 340 g/mol. The molecule has 0 saturated heterocycles. The maximum Gasteiger partial charge on any atom is 0.257 e. The van der Waals surface area contributed by atoms with Crippen LogP contribution in [-0.2, 0) is 0 Å². The summed E-state index contributed by atoms with van der Waals surface area (Å²) in [5.74, 6) is 0.320. The number of nitrogens with zero attached hydrogens (tertiary/aromatic N) is 1. The van der Waals surface area contributed by atoms with Gasteiger partial charge in [-0.25, -0.2) is 0 Å². The number of aryl methyl sites for hydroxylation is 2. The molecule has 1 heterocycles. The average molecular weight is 341 g/mol. The van der Waals surface area contributed by atoms with Crippen LogP contribution < -0.4 is 10.1 Å². The molecule has 24 heavy (non-hydrogen) atoms. The molecule has 0 aliphatic heterocycles. The lowest BCUT2D eigenvalue weighted by Gasteiger charge is -2.14. The van der Waals surface area contributed by atoms with Crippen LogP contribution in [0.2, 0.25) is 5.02 Å². The van der Waals surface area contributed by atoms with E-state index in [1.807, 2.05) is 38.1 Å². The number of hydrogen-bond donors (Lipinski definition) is 1. The summed E-state index contributed by atoms with van der Waals surface area (Å²) in [5.41, 5.74) is 3.56. The van der Waals surface area contributed by atoms with Crippen LogP contribution in [0.3, 0.4) is 0 Å². The zero-order valence-electron chi connectivity index (χ0n) is 13.7. The predicted molar refractivity (Wildman–Crippen MR) is 97.2 cm³/mol. The van der Waals surface area contributed by atoms with Gasteiger partial charge in [0.25, 0.3) is 5.91 Å². The first-order valence-corrected chi connectivity index (χ1v) is 7.90. The fourth-order valence-corrected chi connectivity index (χ4v) is 3.00. The average Bonchev–Trinajstić information content (AvgIpc) is 2.55. The molecule has 3 aromatic rings. The molecule has 1 amide bonds. The number of aromatic nitrogens is 1. The van der Waals surface area contributed by atoms with Crippen LogP contribution in [0.4, 0.5) is 5.69 Å². The number of benzene rings is 2. The standard InChI is InChI=1S/C19H17ClN2O2/c1-11-14-6-4-5-7-15(14)21-12(2)18(11)19(23)22-16-10-13(20)8-9-17(16)24-3/h4-10H,1-3H3,(H,22,23). The SMILES string of the molecule is COc1ccc(Cl)cc1NC(=O)c1c(C)nc2ccccc2c1C. The number of carbonyl (C=O) groups is 1. The topological polar surface area (TPSA) is 51.2 Å². The molecule has 5 heteroatoms. The van der Waals surface area contributed by atoms with E-state index in [1.54, 1.807) is 25.3 Å². The summed E-state index contributed by atoms with van der Waals surface area (Å²) >= 11 is 6.02. The van der Waals surface area contributed by atoms with Crippen molar-refractivity contribution in [3.05, 3.63) is 64.3 Å². The summed E-state index contributed by atoms with van der Waals surface area (Å²) in [4.78, 5) is 17.4. The van der Waals surface area contributed by atoms with Gasteiger partial charge >= 0.3 is 0 Å². The Hall–Kier alpha value is -2.59. The lowest BCUT2D eigenvalue weighted by Crippen LogP contribution is -2.16. The van der Waals surface area contributed by atoms with Crippen LogP contribution in [0.25, 0.3) is 10.9 Å². The predicted octanol–water partition coefficient (Wildman–Crippen LogP) is 4.77. The van der Waals surface area contributed by atoms with E-state index in [9.17, 15) is 4.79 Å². The summed E-state index contributed by atoms with van der Waals surface area (Å²) in [6.45, 7) is 3.77. The minimum atomic E-state index is -0.233. The second-order valence-electron chi connectivity index (χ2n) is 5.51. The fourth-order valence-electron chi connectivity index (χ4n) is 2.83. The number of amides is 1. The third kappa shape index (κ3) is 2.93. The highest BCUT2D eigenvalue weighted by Gasteiger charge is 2.18. The number of halogens is 1. The number of ether oxygens (including phenoxy) is 1. The van der Waals surface area contributed by atoms with E-state index < -0.39 is 0 Å². The van der Waals surface area contributed by atoms with Crippen molar-refractivity contribution in [3.8, 4) is 5.75 Å². The van der Waals surface area contributed by atoms with E-state index in [-0.39, 0.29) is 5.91 Å². The van der Waals surface area contributed by atoms with Gasteiger partial charge in [-0.3, -0.25) is 9.78 Å². The van der Waals surface area contributed by atoms with Gasteiger partial charge in [-0.2, -0.15) is 0 Å². The Labute approximate surface area is 145 Å². The van der Waals surface area contributed by atoms with Crippen LogP contribution in [-0.4, -0.2) is 18.0 Å². The van der Waals surface area contributed by atoms with Crippen LogP contribution in [0.1, 0.15) is 21.6 Å². The smallest absolute Gasteiger partial charge is 0.257 e. The lowest BCUT2D eigenvalue weighted by atomic mass is 10.0. The van der Waals surface area contributed by atoms with Crippen molar-refractivity contribution in [2.45, 2.75) is 13.8 Å². The number of anilines is 1. The molecule has 0 unspecified atom stereocenters. The van der Waals surface area contributed by atoms with E-state index >= 15 is 0 Å². The maximum atomic E-state index is 12.8. The van der Waals surface area contributed by atoms with Gasteiger partial charge in [0.1, 0.15) is 5.75 Å². The van der Waals surface area contributed by atoms with Crippen molar-refractivity contribution in [3.63, 3.8) is 0 Å². The van der Waals surface area contributed by atoms with Gasteiger partial charge in [0.2, 0.25) is 0 Å². The first-order chi connectivity index (χ1) is 11.5. The number of nitrogens with one attached hydrogen (secondary N) is 1. The highest BCUT2D eigenvalue weighted by Crippen LogP contribution is 2.29. The minimum Gasteiger partial charge on any atom is -0.495 e. The zero-order chi connectivity index (χ0) is 17.3. The van der Waals surface area contributed by atoms with E-state index in [0.29, 0.717) is 27.7 Å². The van der Waals surface area contributed by atoms with Crippen LogP contribution in [0, 0.1) is 13.8 Å². The number of para-hydroxylation sites is 1. The molecule has 0 aliphatic carbocycles. The Morgan fingerprint density at radius 3 is 2.67 bits per heavy atom. The van der Waals surface area contributed by atoms with Gasteiger partial charge < -0.3 is 10.1 Å². The van der Waals surface area contributed by atoms with Crippen LogP contribution in [0.5, 0.6) is 5.75 Å². The Balaban J connectivity index is 2.05. The minimum absolute atomic E-state index is 0.233. The van der Waals surface area contributed by atoms with Crippen molar-refractivity contribution in [1.82, 2.24) is 4.98 Å². The van der Waals surface area contributed by atoms with Gasteiger partial charge in [-0.15, -0.1) is 0 Å². The number of rotatable bonds is 3. The molecule has 4 nitrogen and oxygen atoms in total. The van der Waals surface area contributed by atoms with Crippen LogP contribution in [0.15, 0.2) is 42.5 Å². The first kappa shape index (κ1) is 16.3. The zero-order valence-corrected chi connectivity index (χ0v) is 14.4. The molecule has 0 saturated carbocycles. The van der Waals surface area contributed by atoms with E-state index in [2.05, 4.69) is 10.3 Å². The number of methoxy groups -OCH3 is 1. The highest BCUT2D eigenvalue weighted by atomic mass is 35.5. The second kappa shape index (κ2) is 6.49. The van der Waals surface area contributed by atoms with E-state index in [0.717, 1.165) is 16.5 Å². The molecule has 0 spiro atoms. The van der Waals surface area contributed by atoms with Crippen molar-refractivity contribution >= 4 is 34.1 Å². The number of carbonyl (C=O) groups excluding carboxylic acids is 1. The second-order valence-corrected chi connectivity index (χ2v) is 5.95. The molecule has 0 radical (unpaired) electrons. The highest BCUT2D eigenvalue weighted by molar-refractivity contribution is 6.31. The summed E-state index contributed by atoms with van der Waals surface area (Å²) in [7, 11) is 1.55. The van der Waals surface area contributed by atoms with Gasteiger partial charge in [-0.1, -0.05) is 29.8 Å². The van der Waals surface area contributed by atoms with Crippen molar-refractivity contribution in [2.75, 3.05) is 12.4 Å². The number of pyridine rings is 1. The molecule has 0 atom stereocenters. The third-order valence-electron chi connectivity index (χ3n) is 3.97. The molecule has 2 aromatic carbocycles. The van der Waals surface area contributed by atoms with Crippen molar-refractivity contribution in [2.24, 2.45) is 0 Å². The Kier molecular flexibility index (Phi) is 4.40. The third-order valence-corrected chi connectivity index (χ3v) is 4.20. The van der Waals surface area contributed by atoms with Gasteiger partial charge in [0.15, 0.2) is 0 Å². The number of fused-ring (bicyclic) bond motifs is 1. The van der Waals surface area contributed by atoms with Gasteiger partial charge in [-0.05, 0) is 43.7 Å². The maximum absolute atomic E-state index is 12.8. The van der Waals surface area contributed by atoms with Crippen LogP contribution >= 0.6 is 11.6 Å². The fraction of sp³-hybridized carbons (Fsp3) is 0.158.